The molecule has 3 N–H and O–H groups in total. The zero-order valence-corrected chi connectivity index (χ0v) is 12.9. The van der Waals surface area contributed by atoms with Crippen LogP contribution >= 0.6 is 12.2 Å². The largest absolute Gasteiger partial charge is 0.389 e. The molecule has 0 aromatic carbocycles. The number of aryl methyl sites for hydroxylation is 2. The van der Waals surface area contributed by atoms with Gasteiger partial charge in [0.2, 0.25) is 0 Å². The Hall–Kier alpha value is -1.14. The van der Waals surface area contributed by atoms with Gasteiger partial charge >= 0.3 is 0 Å². The highest BCUT2D eigenvalue weighted by atomic mass is 32.1. The molecule has 0 saturated carbocycles. The number of aromatic nitrogens is 2. The second-order valence-electron chi connectivity index (χ2n) is 5.44. The van der Waals surface area contributed by atoms with Crippen LogP contribution in [-0.2, 0) is 7.05 Å². The van der Waals surface area contributed by atoms with Crippen molar-refractivity contribution in [3.8, 4) is 0 Å². The molecule has 1 fully saturated rings. The van der Waals surface area contributed by atoms with Gasteiger partial charge in [0, 0.05) is 19.1 Å². The Morgan fingerprint density at radius 2 is 1.95 bits per heavy atom. The van der Waals surface area contributed by atoms with Gasteiger partial charge in [-0.2, -0.15) is 5.10 Å². The molecule has 0 amide bonds. The molecule has 0 spiro atoms. The number of piperidine rings is 1. The summed E-state index contributed by atoms with van der Waals surface area (Å²) in [6.45, 7) is 6.42. The van der Waals surface area contributed by atoms with E-state index in [0.717, 1.165) is 17.1 Å². The summed E-state index contributed by atoms with van der Waals surface area (Å²) >= 11 is 5.14. The van der Waals surface area contributed by atoms with Crippen molar-refractivity contribution in [2.45, 2.75) is 52.1 Å². The van der Waals surface area contributed by atoms with E-state index in [1.54, 1.807) is 0 Å². The van der Waals surface area contributed by atoms with Gasteiger partial charge in [-0.05, 0) is 33.6 Å². The first-order valence-corrected chi connectivity index (χ1v) is 7.21. The van der Waals surface area contributed by atoms with Crippen LogP contribution in [0.3, 0.4) is 0 Å². The van der Waals surface area contributed by atoms with Gasteiger partial charge in [-0.15, -0.1) is 0 Å². The molecule has 2 heterocycles. The van der Waals surface area contributed by atoms with E-state index in [2.05, 4.69) is 29.4 Å². The van der Waals surface area contributed by atoms with Crippen LogP contribution in [-0.4, -0.2) is 31.9 Å². The molecule has 1 saturated heterocycles. The van der Waals surface area contributed by atoms with Gasteiger partial charge in [0.25, 0.3) is 0 Å². The molecular weight excluding hydrogens is 258 g/mol. The fourth-order valence-corrected chi connectivity index (χ4v) is 3.09. The number of nitrogens with zero attached hydrogens (tertiary/aromatic N) is 3. The molecule has 1 aromatic rings. The number of hydrogen-bond acceptors (Lipinski definition) is 4. The lowest BCUT2D eigenvalue weighted by Crippen LogP contribution is -2.47. The Morgan fingerprint density at radius 3 is 2.47 bits per heavy atom. The molecule has 2 atom stereocenters. The van der Waals surface area contributed by atoms with Crippen LogP contribution < -0.4 is 11.2 Å². The molecule has 5 nitrogen and oxygen atoms in total. The lowest BCUT2D eigenvalue weighted by atomic mass is 10.00. The van der Waals surface area contributed by atoms with Crippen LogP contribution in [0.4, 0.5) is 5.82 Å². The van der Waals surface area contributed by atoms with Crippen molar-refractivity contribution < 1.29 is 0 Å². The normalized spacial score (nSPS) is 24.4. The monoisotopic (exact) mass is 281 g/mol. The van der Waals surface area contributed by atoms with Crippen molar-refractivity contribution in [2.24, 2.45) is 12.8 Å². The molecule has 1 aromatic heterocycles. The van der Waals surface area contributed by atoms with E-state index in [1.165, 1.54) is 19.3 Å². The summed E-state index contributed by atoms with van der Waals surface area (Å²) in [7, 11) is 1.91. The number of nitrogens with one attached hydrogen (secondary N) is 1. The highest BCUT2D eigenvalue weighted by Gasteiger charge is 2.27. The van der Waals surface area contributed by atoms with Crippen molar-refractivity contribution in [3.05, 3.63) is 11.3 Å². The minimum atomic E-state index is 0.394. The SMILES string of the molecule is Cc1nn(C)c(NN2C(C)CCCC2C)c1C(N)=S. The van der Waals surface area contributed by atoms with E-state index >= 15 is 0 Å². The molecule has 0 aliphatic carbocycles. The van der Waals surface area contributed by atoms with E-state index in [0.29, 0.717) is 17.1 Å². The third-order valence-electron chi connectivity index (χ3n) is 3.90. The van der Waals surface area contributed by atoms with Crippen LogP contribution in [0.2, 0.25) is 0 Å². The molecule has 2 unspecified atom stereocenters. The maximum Gasteiger partial charge on any atom is 0.149 e. The number of anilines is 1. The standard InChI is InChI=1S/C13H23N5S/c1-8-6-5-7-9(2)18(8)16-13-11(12(14)19)10(3)15-17(13)4/h8-9,16H,5-7H2,1-4H3,(H2,14,19). The molecule has 6 heteroatoms. The van der Waals surface area contributed by atoms with E-state index in [9.17, 15) is 0 Å². The predicted molar refractivity (Wildman–Crippen MR) is 82.1 cm³/mol. The maximum absolute atomic E-state index is 5.82. The van der Waals surface area contributed by atoms with Gasteiger partial charge in [-0.3, -0.25) is 4.68 Å². The zero-order valence-electron chi connectivity index (χ0n) is 12.1. The minimum Gasteiger partial charge on any atom is -0.389 e. The van der Waals surface area contributed by atoms with Crippen molar-refractivity contribution in [1.82, 2.24) is 14.8 Å². The van der Waals surface area contributed by atoms with E-state index < -0.39 is 0 Å². The summed E-state index contributed by atoms with van der Waals surface area (Å²) in [5, 5.41) is 6.70. The van der Waals surface area contributed by atoms with Crippen LogP contribution in [0.25, 0.3) is 0 Å². The van der Waals surface area contributed by atoms with Crippen LogP contribution in [0, 0.1) is 6.92 Å². The summed E-state index contributed by atoms with van der Waals surface area (Å²) in [6, 6.07) is 0.997. The fraction of sp³-hybridized carbons (Fsp3) is 0.692. The van der Waals surface area contributed by atoms with E-state index in [-0.39, 0.29) is 0 Å². The Kier molecular flexibility index (Phi) is 4.10. The predicted octanol–water partition coefficient (Wildman–Crippen LogP) is 1.95. The van der Waals surface area contributed by atoms with Crippen molar-refractivity contribution in [3.63, 3.8) is 0 Å². The highest BCUT2D eigenvalue weighted by Crippen LogP contribution is 2.26. The van der Waals surface area contributed by atoms with Gasteiger partial charge in [0.1, 0.15) is 10.8 Å². The molecule has 1 aliphatic rings. The number of hydrazine groups is 1. The summed E-state index contributed by atoms with van der Waals surface area (Å²) < 4.78 is 1.82. The van der Waals surface area contributed by atoms with E-state index in [1.807, 2.05) is 18.7 Å². The Morgan fingerprint density at radius 1 is 1.37 bits per heavy atom. The Bertz CT molecular complexity index is 472. The second-order valence-corrected chi connectivity index (χ2v) is 5.88. The highest BCUT2D eigenvalue weighted by molar-refractivity contribution is 7.80. The maximum atomic E-state index is 5.82. The molecule has 106 valence electrons. The minimum absolute atomic E-state index is 0.394. The van der Waals surface area contributed by atoms with Crippen LogP contribution in [0.15, 0.2) is 0 Å². The summed E-state index contributed by atoms with van der Waals surface area (Å²) in [5.41, 5.74) is 11.0. The molecular formula is C13H23N5S. The molecule has 2 rings (SSSR count). The molecule has 19 heavy (non-hydrogen) atoms. The fourth-order valence-electron chi connectivity index (χ4n) is 2.85. The topological polar surface area (TPSA) is 59.1 Å². The lowest BCUT2D eigenvalue weighted by Gasteiger charge is -2.39. The average molecular weight is 281 g/mol. The van der Waals surface area contributed by atoms with Crippen molar-refractivity contribution in [1.29, 1.82) is 0 Å². The van der Waals surface area contributed by atoms with Crippen LogP contribution in [0.1, 0.15) is 44.4 Å². The first-order chi connectivity index (χ1) is 8.91. The van der Waals surface area contributed by atoms with Gasteiger partial charge < -0.3 is 11.2 Å². The number of hydrogen-bond donors (Lipinski definition) is 2. The van der Waals surface area contributed by atoms with Crippen LogP contribution in [0.5, 0.6) is 0 Å². The van der Waals surface area contributed by atoms with Gasteiger partial charge in [-0.25, -0.2) is 5.01 Å². The third-order valence-corrected chi connectivity index (χ3v) is 4.10. The smallest absolute Gasteiger partial charge is 0.149 e. The zero-order chi connectivity index (χ0) is 14.2. The van der Waals surface area contributed by atoms with Gasteiger partial charge in [0.05, 0.1) is 11.3 Å². The van der Waals surface area contributed by atoms with Gasteiger partial charge in [0.15, 0.2) is 0 Å². The van der Waals surface area contributed by atoms with Gasteiger partial charge in [-0.1, -0.05) is 18.6 Å². The molecule has 0 radical (unpaired) electrons. The van der Waals surface area contributed by atoms with Crippen molar-refractivity contribution in [2.75, 3.05) is 5.43 Å². The second kappa shape index (κ2) is 5.46. The number of nitrogens with two attached hydrogens (primary N) is 1. The summed E-state index contributed by atoms with van der Waals surface area (Å²) in [6.07, 6.45) is 3.69. The molecule has 1 aliphatic heterocycles. The number of rotatable bonds is 3. The summed E-state index contributed by atoms with van der Waals surface area (Å²) in [5.74, 6) is 0.894. The molecule has 0 bridgehead atoms. The summed E-state index contributed by atoms with van der Waals surface area (Å²) in [4.78, 5) is 0.394. The van der Waals surface area contributed by atoms with Crippen molar-refractivity contribution >= 4 is 23.0 Å². The number of thiocarbonyl (C=S) groups is 1. The third kappa shape index (κ3) is 2.74. The first-order valence-electron chi connectivity index (χ1n) is 6.80. The Balaban J connectivity index is 2.30. The average Bonchev–Trinajstić information content (AvgIpc) is 2.58. The quantitative estimate of drug-likeness (QED) is 0.829. The Labute approximate surface area is 120 Å². The lowest BCUT2D eigenvalue weighted by molar-refractivity contribution is 0.134. The van der Waals surface area contributed by atoms with E-state index in [4.69, 9.17) is 18.0 Å². The first kappa shape index (κ1) is 14.3.